The molecule has 0 bridgehead atoms. The Balaban J connectivity index is 2.22. The van der Waals surface area contributed by atoms with Crippen LogP contribution in [0.15, 0.2) is 74.0 Å². The minimum atomic E-state index is 0.869. The predicted molar refractivity (Wildman–Crippen MR) is 149 cm³/mol. The van der Waals surface area contributed by atoms with Gasteiger partial charge in [0.2, 0.25) is 0 Å². The lowest BCUT2D eigenvalue weighted by atomic mass is 9.98. The molecule has 0 radical (unpaired) electrons. The Bertz CT molecular complexity index is 985. The monoisotopic (exact) mass is 458 g/mol. The molecule has 2 aromatic rings. The summed E-state index contributed by atoms with van der Waals surface area (Å²) in [5.74, 6) is 0. The highest BCUT2D eigenvalue weighted by molar-refractivity contribution is 5.78. The Labute approximate surface area is 207 Å². The van der Waals surface area contributed by atoms with Gasteiger partial charge in [-0.15, -0.1) is 0 Å². The zero-order valence-corrected chi connectivity index (χ0v) is 21.6. The van der Waals surface area contributed by atoms with E-state index in [-0.39, 0.29) is 0 Å². The maximum atomic E-state index is 5.60. The normalized spacial score (nSPS) is 11.7. The Hall–Kier alpha value is -2.91. The van der Waals surface area contributed by atoms with E-state index in [1.807, 2.05) is 38.1 Å². The van der Waals surface area contributed by atoms with Gasteiger partial charge < -0.3 is 9.64 Å². The third-order valence-electron chi connectivity index (χ3n) is 5.60. The summed E-state index contributed by atoms with van der Waals surface area (Å²) in [5.41, 5.74) is 7.62. The summed E-state index contributed by atoms with van der Waals surface area (Å²) >= 11 is 0. The molecule has 0 saturated heterocycles. The lowest BCUT2D eigenvalue weighted by Gasteiger charge is -2.13. The fourth-order valence-electron chi connectivity index (χ4n) is 3.91. The molecular formula is C31H42N2O. The van der Waals surface area contributed by atoms with Crippen molar-refractivity contribution in [2.75, 3.05) is 27.3 Å². The molecule has 34 heavy (non-hydrogen) atoms. The SMILES string of the molecule is C=C/C(=C\N(C)C)c1cccc(-c2ccc(C(=C)/C=C\C)c(CCCCCCOCCC)n2)c1. The highest BCUT2D eigenvalue weighted by Crippen LogP contribution is 2.27. The number of hydrogen-bond donors (Lipinski definition) is 0. The number of unbranched alkanes of at least 4 members (excludes halogenated alkanes) is 3. The minimum absolute atomic E-state index is 0.869. The van der Waals surface area contributed by atoms with Crippen molar-refractivity contribution < 1.29 is 4.74 Å². The maximum absolute atomic E-state index is 5.60. The van der Waals surface area contributed by atoms with Crippen molar-refractivity contribution >= 4 is 11.1 Å². The Morgan fingerprint density at radius 1 is 1.06 bits per heavy atom. The smallest absolute Gasteiger partial charge is 0.0705 e. The Morgan fingerprint density at radius 2 is 1.85 bits per heavy atom. The molecule has 3 nitrogen and oxygen atoms in total. The van der Waals surface area contributed by atoms with Crippen LogP contribution >= 0.6 is 0 Å². The summed E-state index contributed by atoms with van der Waals surface area (Å²) in [7, 11) is 4.05. The molecule has 0 saturated carbocycles. The second-order valence-electron chi connectivity index (χ2n) is 8.83. The van der Waals surface area contributed by atoms with Crippen LogP contribution < -0.4 is 0 Å². The van der Waals surface area contributed by atoms with E-state index in [0.717, 1.165) is 78.1 Å². The number of aromatic nitrogens is 1. The van der Waals surface area contributed by atoms with Crippen molar-refractivity contribution in [3.63, 3.8) is 0 Å². The number of pyridine rings is 1. The van der Waals surface area contributed by atoms with E-state index < -0.39 is 0 Å². The fraction of sp³-hybridized carbons (Fsp3) is 0.387. The van der Waals surface area contributed by atoms with Crippen LogP contribution in [0.2, 0.25) is 0 Å². The van der Waals surface area contributed by atoms with Crippen LogP contribution in [0.1, 0.15) is 62.8 Å². The summed E-state index contributed by atoms with van der Waals surface area (Å²) in [6.45, 7) is 14.2. The largest absolute Gasteiger partial charge is 0.383 e. The third kappa shape index (κ3) is 8.79. The second-order valence-corrected chi connectivity index (χ2v) is 8.83. The molecule has 0 amide bonds. The first-order valence-electron chi connectivity index (χ1n) is 12.5. The molecule has 0 N–H and O–H groups in total. The zero-order valence-electron chi connectivity index (χ0n) is 21.6. The molecule has 1 heterocycles. The number of benzene rings is 1. The van der Waals surface area contributed by atoms with Crippen LogP contribution in [0.5, 0.6) is 0 Å². The molecule has 0 atom stereocenters. The Morgan fingerprint density at radius 3 is 2.56 bits per heavy atom. The molecule has 0 aliphatic rings. The lowest BCUT2D eigenvalue weighted by molar-refractivity contribution is 0.130. The van der Waals surface area contributed by atoms with Crippen LogP contribution in [0.4, 0.5) is 0 Å². The minimum Gasteiger partial charge on any atom is -0.383 e. The van der Waals surface area contributed by atoms with Gasteiger partial charge in [-0.05, 0) is 61.4 Å². The molecule has 1 aromatic heterocycles. The van der Waals surface area contributed by atoms with E-state index >= 15 is 0 Å². The summed E-state index contributed by atoms with van der Waals surface area (Å²) < 4.78 is 5.60. The number of allylic oxidation sites excluding steroid dienone is 5. The number of aryl methyl sites for hydroxylation is 1. The van der Waals surface area contributed by atoms with E-state index in [9.17, 15) is 0 Å². The van der Waals surface area contributed by atoms with Gasteiger partial charge in [0.1, 0.15) is 0 Å². The van der Waals surface area contributed by atoms with Crippen LogP contribution in [0, 0.1) is 0 Å². The lowest BCUT2D eigenvalue weighted by Crippen LogP contribution is -2.02. The summed E-state index contributed by atoms with van der Waals surface area (Å²) in [5, 5.41) is 0. The van der Waals surface area contributed by atoms with E-state index in [2.05, 4.69) is 68.8 Å². The number of rotatable bonds is 15. The van der Waals surface area contributed by atoms with Crippen LogP contribution in [-0.4, -0.2) is 37.2 Å². The van der Waals surface area contributed by atoms with Gasteiger partial charge in [0.05, 0.1) is 5.69 Å². The molecule has 182 valence electrons. The Kier molecular flexibility index (Phi) is 12.1. The molecule has 1 aromatic carbocycles. The van der Waals surface area contributed by atoms with Gasteiger partial charge in [-0.1, -0.05) is 75.4 Å². The number of nitrogens with zero attached hydrogens (tertiary/aromatic N) is 2. The van der Waals surface area contributed by atoms with Gasteiger partial charge in [0, 0.05) is 50.3 Å². The van der Waals surface area contributed by atoms with Crippen molar-refractivity contribution in [2.45, 2.75) is 52.4 Å². The van der Waals surface area contributed by atoms with Crippen molar-refractivity contribution in [3.05, 3.63) is 90.8 Å². The predicted octanol–water partition coefficient (Wildman–Crippen LogP) is 7.96. The van der Waals surface area contributed by atoms with Gasteiger partial charge in [-0.25, -0.2) is 0 Å². The molecule has 2 rings (SSSR count). The van der Waals surface area contributed by atoms with Crippen molar-refractivity contribution in [1.29, 1.82) is 0 Å². The average molecular weight is 459 g/mol. The number of ether oxygens (including phenoxy) is 1. The quantitative estimate of drug-likeness (QED) is 0.200. The van der Waals surface area contributed by atoms with Crippen molar-refractivity contribution in [3.8, 4) is 11.3 Å². The first-order chi connectivity index (χ1) is 16.5. The topological polar surface area (TPSA) is 25.4 Å². The molecule has 0 aliphatic heterocycles. The van der Waals surface area contributed by atoms with Crippen LogP contribution in [0.25, 0.3) is 22.4 Å². The molecule has 3 heteroatoms. The highest BCUT2D eigenvalue weighted by Gasteiger charge is 2.10. The molecule has 0 fully saturated rings. The van der Waals surface area contributed by atoms with E-state index in [1.165, 1.54) is 12.8 Å². The molecule has 0 unspecified atom stereocenters. The van der Waals surface area contributed by atoms with Gasteiger partial charge in [-0.3, -0.25) is 4.98 Å². The standard InChI is InChI=1S/C31H42N2O/c1-7-15-25(4)29-19-20-30(32-31(29)18-12-10-11-13-22-34-21-8-2)28-17-14-16-27(23-28)26(9-3)24-33(5)6/h7,9,14-17,19-20,23-24H,3-4,8,10-13,18,21-22H2,1-2,5-6H3/b15-7-,26-24+. The second kappa shape index (κ2) is 15.1. The van der Waals surface area contributed by atoms with Crippen molar-refractivity contribution in [2.24, 2.45) is 0 Å². The van der Waals surface area contributed by atoms with Crippen LogP contribution in [0.3, 0.4) is 0 Å². The molecular weight excluding hydrogens is 416 g/mol. The van der Waals surface area contributed by atoms with E-state index in [4.69, 9.17) is 9.72 Å². The molecule has 0 aliphatic carbocycles. The van der Waals surface area contributed by atoms with E-state index in [0.29, 0.717) is 0 Å². The summed E-state index contributed by atoms with van der Waals surface area (Å²) in [4.78, 5) is 7.16. The highest BCUT2D eigenvalue weighted by atomic mass is 16.5. The van der Waals surface area contributed by atoms with Crippen LogP contribution in [-0.2, 0) is 11.2 Å². The van der Waals surface area contributed by atoms with Gasteiger partial charge in [0.25, 0.3) is 0 Å². The third-order valence-corrected chi connectivity index (χ3v) is 5.60. The first kappa shape index (κ1) is 27.3. The fourth-order valence-corrected chi connectivity index (χ4v) is 3.91. The average Bonchev–Trinajstić information content (AvgIpc) is 2.84. The van der Waals surface area contributed by atoms with Crippen molar-refractivity contribution in [1.82, 2.24) is 9.88 Å². The van der Waals surface area contributed by atoms with E-state index in [1.54, 1.807) is 0 Å². The van der Waals surface area contributed by atoms with Gasteiger partial charge in [0.15, 0.2) is 0 Å². The summed E-state index contributed by atoms with van der Waals surface area (Å²) in [6, 6.07) is 12.8. The maximum Gasteiger partial charge on any atom is 0.0705 e. The zero-order chi connectivity index (χ0) is 24.8. The number of hydrogen-bond acceptors (Lipinski definition) is 3. The van der Waals surface area contributed by atoms with Gasteiger partial charge in [-0.2, -0.15) is 0 Å². The van der Waals surface area contributed by atoms with Gasteiger partial charge >= 0.3 is 0 Å². The molecule has 0 spiro atoms. The summed E-state index contributed by atoms with van der Waals surface area (Å²) in [6.07, 6.45) is 14.7. The first-order valence-corrected chi connectivity index (χ1v) is 12.5.